The molecule has 11 heavy (non-hydrogen) atoms. The van der Waals surface area contributed by atoms with Gasteiger partial charge in [-0.15, -0.1) is 0 Å². The Morgan fingerprint density at radius 1 is 1.55 bits per heavy atom. The van der Waals surface area contributed by atoms with E-state index >= 15 is 0 Å². The number of aromatic nitrogens is 2. The minimum Gasteiger partial charge on any atom is -0.308 e. The number of fused-ring (bicyclic) bond motifs is 1. The van der Waals surface area contributed by atoms with Crippen molar-refractivity contribution in [3.05, 3.63) is 36.3 Å². The molecule has 0 saturated heterocycles. The highest BCUT2D eigenvalue weighted by atomic mass is 16.1. The number of carbonyl (C=O) groups is 1. The lowest BCUT2D eigenvalue weighted by molar-refractivity contribution is 0.112. The fraction of sp³-hybridized carbons (Fsp3) is 0. The minimum absolute atomic E-state index is 0.591. The molecule has 0 saturated carbocycles. The topological polar surface area (TPSA) is 34.4 Å². The maximum atomic E-state index is 10.3. The molecule has 0 aliphatic rings. The highest BCUT2D eigenvalue weighted by molar-refractivity contribution is 5.74. The zero-order valence-corrected chi connectivity index (χ0v) is 5.77. The predicted octanol–water partition coefficient (Wildman–Crippen LogP) is 1.15. The molecule has 3 nitrogen and oxygen atoms in total. The van der Waals surface area contributed by atoms with Crippen LogP contribution in [0.15, 0.2) is 30.7 Å². The van der Waals surface area contributed by atoms with Gasteiger partial charge < -0.3 is 4.40 Å². The van der Waals surface area contributed by atoms with Crippen LogP contribution in [0.5, 0.6) is 0 Å². The third-order valence-corrected chi connectivity index (χ3v) is 1.53. The lowest BCUT2D eigenvalue weighted by Crippen LogP contribution is -1.89. The van der Waals surface area contributed by atoms with Crippen LogP contribution in [0.1, 0.15) is 10.4 Å². The van der Waals surface area contributed by atoms with Crippen LogP contribution in [0.4, 0.5) is 0 Å². The van der Waals surface area contributed by atoms with Crippen LogP contribution in [0.3, 0.4) is 0 Å². The van der Waals surface area contributed by atoms with Crippen molar-refractivity contribution in [1.82, 2.24) is 9.38 Å². The van der Waals surface area contributed by atoms with Crippen LogP contribution >= 0.6 is 0 Å². The molecule has 3 heteroatoms. The van der Waals surface area contributed by atoms with Gasteiger partial charge in [-0.2, -0.15) is 0 Å². The SMILES string of the molecule is O=Cc1cnc2cccn2c1. The van der Waals surface area contributed by atoms with Crippen molar-refractivity contribution in [3.8, 4) is 0 Å². The van der Waals surface area contributed by atoms with E-state index < -0.39 is 0 Å². The number of hydrogen-bond acceptors (Lipinski definition) is 2. The summed E-state index contributed by atoms with van der Waals surface area (Å²) in [6.45, 7) is 0. The summed E-state index contributed by atoms with van der Waals surface area (Å²) in [4.78, 5) is 14.4. The zero-order valence-electron chi connectivity index (χ0n) is 5.77. The molecule has 0 atom stereocenters. The number of aldehydes is 1. The summed E-state index contributed by atoms with van der Waals surface area (Å²) in [5.41, 5.74) is 1.45. The monoisotopic (exact) mass is 146 g/mol. The van der Waals surface area contributed by atoms with Crippen molar-refractivity contribution in [3.63, 3.8) is 0 Å². The standard InChI is InChI=1S/C8H6N2O/c11-6-7-4-9-8-2-1-3-10(8)5-7/h1-6H. The summed E-state index contributed by atoms with van der Waals surface area (Å²) in [5, 5.41) is 0. The van der Waals surface area contributed by atoms with Crippen molar-refractivity contribution in [2.24, 2.45) is 0 Å². The largest absolute Gasteiger partial charge is 0.308 e. The average Bonchev–Trinajstić information content (AvgIpc) is 2.50. The number of rotatable bonds is 1. The highest BCUT2D eigenvalue weighted by Crippen LogP contribution is 2.01. The second kappa shape index (κ2) is 2.20. The van der Waals surface area contributed by atoms with Gasteiger partial charge in [0.15, 0.2) is 6.29 Å². The smallest absolute Gasteiger partial charge is 0.153 e. The van der Waals surface area contributed by atoms with Gasteiger partial charge in [-0.05, 0) is 12.1 Å². The highest BCUT2D eigenvalue weighted by Gasteiger charge is 1.93. The van der Waals surface area contributed by atoms with Gasteiger partial charge >= 0.3 is 0 Å². The Bertz CT molecular complexity index is 392. The summed E-state index contributed by atoms with van der Waals surface area (Å²) in [7, 11) is 0. The molecule has 0 radical (unpaired) electrons. The normalized spacial score (nSPS) is 10.2. The molecule has 2 heterocycles. The van der Waals surface area contributed by atoms with E-state index in [1.54, 1.807) is 12.4 Å². The fourth-order valence-electron chi connectivity index (χ4n) is 0.999. The minimum atomic E-state index is 0.591. The Kier molecular flexibility index (Phi) is 1.22. The molecule has 0 aromatic carbocycles. The van der Waals surface area contributed by atoms with E-state index in [-0.39, 0.29) is 0 Å². The molecule has 54 valence electrons. The van der Waals surface area contributed by atoms with Crippen molar-refractivity contribution < 1.29 is 4.79 Å². The zero-order chi connectivity index (χ0) is 7.68. The van der Waals surface area contributed by atoms with E-state index in [1.807, 2.05) is 22.7 Å². The Morgan fingerprint density at radius 2 is 2.45 bits per heavy atom. The molecular formula is C8H6N2O. The molecule has 0 aliphatic carbocycles. The summed E-state index contributed by atoms with van der Waals surface area (Å²) >= 11 is 0. The summed E-state index contributed by atoms with van der Waals surface area (Å²) in [5.74, 6) is 0. The van der Waals surface area contributed by atoms with Crippen LogP contribution in [0.25, 0.3) is 5.65 Å². The number of hydrogen-bond donors (Lipinski definition) is 0. The first-order valence-electron chi connectivity index (χ1n) is 3.28. The van der Waals surface area contributed by atoms with E-state index in [2.05, 4.69) is 4.98 Å². The molecule has 2 rings (SSSR count). The fourth-order valence-corrected chi connectivity index (χ4v) is 0.999. The second-order valence-electron chi connectivity index (χ2n) is 2.28. The van der Waals surface area contributed by atoms with Gasteiger partial charge in [0.2, 0.25) is 0 Å². The Morgan fingerprint density at radius 3 is 3.27 bits per heavy atom. The Hall–Kier alpha value is -1.64. The van der Waals surface area contributed by atoms with Crippen LogP contribution in [-0.2, 0) is 0 Å². The van der Waals surface area contributed by atoms with E-state index in [9.17, 15) is 4.79 Å². The molecule has 0 fully saturated rings. The third kappa shape index (κ3) is 0.902. The molecule has 0 bridgehead atoms. The maximum absolute atomic E-state index is 10.3. The molecule has 0 spiro atoms. The lowest BCUT2D eigenvalue weighted by Gasteiger charge is -1.92. The lowest BCUT2D eigenvalue weighted by atomic mass is 10.4. The molecule has 0 unspecified atom stereocenters. The van der Waals surface area contributed by atoms with Crippen molar-refractivity contribution >= 4 is 11.9 Å². The Labute approximate surface area is 63.3 Å². The van der Waals surface area contributed by atoms with E-state index in [0.717, 1.165) is 11.9 Å². The van der Waals surface area contributed by atoms with E-state index in [1.165, 1.54) is 0 Å². The van der Waals surface area contributed by atoms with Gasteiger partial charge in [0.1, 0.15) is 5.65 Å². The molecule has 2 aromatic heterocycles. The van der Waals surface area contributed by atoms with Gasteiger partial charge in [-0.25, -0.2) is 4.98 Å². The van der Waals surface area contributed by atoms with Gasteiger partial charge in [0.05, 0.1) is 0 Å². The first-order chi connectivity index (χ1) is 5.40. The van der Waals surface area contributed by atoms with Crippen molar-refractivity contribution in [2.75, 3.05) is 0 Å². The maximum Gasteiger partial charge on any atom is 0.153 e. The molecule has 2 aromatic rings. The third-order valence-electron chi connectivity index (χ3n) is 1.53. The molecular weight excluding hydrogens is 140 g/mol. The van der Waals surface area contributed by atoms with Gasteiger partial charge in [0, 0.05) is 24.2 Å². The molecule has 0 aliphatic heterocycles. The van der Waals surface area contributed by atoms with Crippen molar-refractivity contribution in [2.45, 2.75) is 0 Å². The number of nitrogens with zero attached hydrogens (tertiary/aromatic N) is 2. The second-order valence-corrected chi connectivity index (χ2v) is 2.28. The van der Waals surface area contributed by atoms with E-state index in [0.29, 0.717) is 5.56 Å². The average molecular weight is 146 g/mol. The Balaban J connectivity index is 2.76. The predicted molar refractivity (Wildman–Crippen MR) is 40.6 cm³/mol. The molecule has 0 N–H and O–H groups in total. The van der Waals surface area contributed by atoms with Gasteiger partial charge in [-0.1, -0.05) is 0 Å². The number of carbonyl (C=O) groups excluding carboxylic acids is 1. The van der Waals surface area contributed by atoms with Gasteiger partial charge in [-0.3, -0.25) is 4.79 Å². The summed E-state index contributed by atoms with van der Waals surface area (Å²) in [6, 6.07) is 3.77. The molecule has 0 amide bonds. The quantitative estimate of drug-likeness (QED) is 0.565. The van der Waals surface area contributed by atoms with Crippen molar-refractivity contribution in [1.29, 1.82) is 0 Å². The first kappa shape index (κ1) is 6.09. The van der Waals surface area contributed by atoms with Gasteiger partial charge in [0.25, 0.3) is 0 Å². The van der Waals surface area contributed by atoms with Crippen LogP contribution < -0.4 is 0 Å². The van der Waals surface area contributed by atoms with E-state index in [4.69, 9.17) is 0 Å². The van der Waals surface area contributed by atoms with Crippen LogP contribution in [0.2, 0.25) is 0 Å². The van der Waals surface area contributed by atoms with Crippen LogP contribution in [-0.4, -0.2) is 15.7 Å². The summed E-state index contributed by atoms with van der Waals surface area (Å²) in [6.07, 6.45) is 5.94. The van der Waals surface area contributed by atoms with Crippen LogP contribution in [0, 0.1) is 0 Å². The summed E-state index contributed by atoms with van der Waals surface area (Å²) < 4.78 is 1.81. The first-order valence-corrected chi connectivity index (χ1v) is 3.28.